The molecule has 0 N–H and O–H groups in total. The summed E-state index contributed by atoms with van der Waals surface area (Å²) < 4.78 is 13.5. The molecule has 1 aromatic carbocycles. The summed E-state index contributed by atoms with van der Waals surface area (Å²) in [5.41, 5.74) is 0.0621. The third-order valence-corrected chi connectivity index (χ3v) is 4.75. The minimum Gasteiger partial charge on any atom is -0.497 e. The van der Waals surface area contributed by atoms with Gasteiger partial charge in [0.05, 0.1) is 23.8 Å². The van der Waals surface area contributed by atoms with Crippen LogP contribution in [0.15, 0.2) is 38.8 Å². The van der Waals surface area contributed by atoms with E-state index in [4.69, 9.17) is 9.47 Å². The first-order valence-corrected chi connectivity index (χ1v) is 7.69. The quantitative estimate of drug-likeness (QED) is 0.832. The fraction of sp³-hybridized carbons (Fsp3) is 0.353. The zero-order chi connectivity index (χ0) is 17.1. The second kappa shape index (κ2) is 4.83. The van der Waals surface area contributed by atoms with Crippen LogP contribution in [0.1, 0.15) is 18.4 Å². The van der Waals surface area contributed by atoms with Crippen molar-refractivity contribution < 1.29 is 9.47 Å². The van der Waals surface area contributed by atoms with Crippen molar-refractivity contribution >= 4 is 11.6 Å². The second-order valence-electron chi connectivity index (χ2n) is 6.19. The van der Waals surface area contributed by atoms with Crippen molar-refractivity contribution in [3.05, 3.63) is 50.7 Å². The molecule has 1 saturated carbocycles. The Kier molecular flexibility index (Phi) is 2.97. The summed E-state index contributed by atoms with van der Waals surface area (Å²) >= 11 is 0. The predicted molar refractivity (Wildman–Crippen MR) is 88.6 cm³/mol. The van der Waals surface area contributed by atoms with E-state index in [0.29, 0.717) is 23.0 Å². The van der Waals surface area contributed by atoms with E-state index < -0.39 is 11.1 Å². The normalized spacial score (nSPS) is 18.5. The summed E-state index contributed by atoms with van der Waals surface area (Å²) in [7, 11) is 4.69. The van der Waals surface area contributed by atoms with E-state index in [1.54, 1.807) is 14.2 Å². The molecule has 2 aromatic rings. The molecule has 124 valence electrons. The van der Waals surface area contributed by atoms with Gasteiger partial charge in [0.25, 0.3) is 5.56 Å². The topological polar surface area (TPSA) is 74.8 Å². The molecular formula is C17H17N3O4. The first kappa shape index (κ1) is 14.7. The van der Waals surface area contributed by atoms with E-state index in [0.717, 1.165) is 23.2 Å². The number of hydrogen-bond donors (Lipinski definition) is 0. The van der Waals surface area contributed by atoms with Crippen LogP contribution in [0.4, 0.5) is 5.69 Å². The number of aliphatic imine (C=N–C) groups is 1. The van der Waals surface area contributed by atoms with Crippen LogP contribution in [-0.4, -0.2) is 22.1 Å². The lowest BCUT2D eigenvalue weighted by molar-refractivity contribution is 0.415. The number of rotatable bonds is 2. The SMILES string of the molecule is COc1ccc(N=C2Oc3c(c(=O)n(C)c(=O)n3C)C23CC3)cc1. The average Bonchev–Trinajstić information content (AvgIpc) is 3.32. The van der Waals surface area contributed by atoms with Gasteiger partial charge >= 0.3 is 5.69 Å². The lowest BCUT2D eigenvalue weighted by Crippen LogP contribution is -2.39. The maximum absolute atomic E-state index is 12.6. The van der Waals surface area contributed by atoms with Gasteiger partial charge in [0.2, 0.25) is 11.8 Å². The lowest BCUT2D eigenvalue weighted by atomic mass is 10.00. The molecular weight excluding hydrogens is 310 g/mol. The molecule has 2 aliphatic rings. The van der Waals surface area contributed by atoms with Crippen molar-refractivity contribution in [3.8, 4) is 11.6 Å². The van der Waals surface area contributed by atoms with Gasteiger partial charge in [-0.25, -0.2) is 9.79 Å². The number of nitrogens with zero attached hydrogens (tertiary/aromatic N) is 3. The van der Waals surface area contributed by atoms with Crippen LogP contribution >= 0.6 is 0 Å². The first-order valence-electron chi connectivity index (χ1n) is 7.69. The maximum Gasteiger partial charge on any atom is 0.333 e. The largest absolute Gasteiger partial charge is 0.497 e. The fourth-order valence-electron chi connectivity index (χ4n) is 3.14. The Balaban J connectivity index is 1.85. The van der Waals surface area contributed by atoms with Crippen molar-refractivity contribution in [3.63, 3.8) is 0 Å². The molecule has 0 atom stereocenters. The molecule has 1 spiro atoms. The van der Waals surface area contributed by atoms with Crippen LogP contribution in [0, 0.1) is 0 Å². The monoisotopic (exact) mass is 327 g/mol. The van der Waals surface area contributed by atoms with Gasteiger partial charge in [-0.05, 0) is 37.1 Å². The third-order valence-electron chi connectivity index (χ3n) is 4.75. The Morgan fingerprint density at radius 2 is 1.79 bits per heavy atom. The molecule has 7 nitrogen and oxygen atoms in total. The van der Waals surface area contributed by atoms with Crippen molar-refractivity contribution in [1.82, 2.24) is 9.13 Å². The highest BCUT2D eigenvalue weighted by Crippen LogP contribution is 2.55. The van der Waals surface area contributed by atoms with E-state index in [1.807, 2.05) is 24.3 Å². The molecule has 2 heterocycles. The van der Waals surface area contributed by atoms with Crippen LogP contribution in [-0.2, 0) is 19.5 Å². The Labute approximate surface area is 137 Å². The molecule has 0 saturated heterocycles. The fourth-order valence-corrected chi connectivity index (χ4v) is 3.14. The molecule has 4 rings (SSSR count). The van der Waals surface area contributed by atoms with Crippen LogP contribution < -0.4 is 20.7 Å². The molecule has 7 heteroatoms. The van der Waals surface area contributed by atoms with Gasteiger partial charge < -0.3 is 9.47 Å². The van der Waals surface area contributed by atoms with Crippen molar-refractivity contribution in [2.45, 2.75) is 18.3 Å². The summed E-state index contributed by atoms with van der Waals surface area (Å²) in [4.78, 5) is 29.3. The van der Waals surface area contributed by atoms with E-state index in [1.165, 1.54) is 11.6 Å². The van der Waals surface area contributed by atoms with E-state index in [-0.39, 0.29) is 5.56 Å². The van der Waals surface area contributed by atoms with Gasteiger partial charge in [0, 0.05) is 14.1 Å². The molecule has 1 fully saturated rings. The average molecular weight is 327 g/mol. The van der Waals surface area contributed by atoms with Gasteiger partial charge in [0.1, 0.15) is 5.75 Å². The van der Waals surface area contributed by atoms with Gasteiger partial charge in [-0.2, -0.15) is 0 Å². The van der Waals surface area contributed by atoms with E-state index >= 15 is 0 Å². The highest BCUT2D eigenvalue weighted by atomic mass is 16.5. The lowest BCUT2D eigenvalue weighted by Gasteiger charge is -2.07. The van der Waals surface area contributed by atoms with Crippen LogP contribution in [0.2, 0.25) is 0 Å². The number of fused-ring (bicyclic) bond motifs is 2. The highest BCUT2D eigenvalue weighted by Gasteiger charge is 2.59. The number of ether oxygens (including phenoxy) is 2. The highest BCUT2D eigenvalue weighted by molar-refractivity contribution is 5.98. The Bertz CT molecular complexity index is 979. The minimum absolute atomic E-state index is 0.300. The number of benzene rings is 1. The summed E-state index contributed by atoms with van der Waals surface area (Å²) in [6.07, 6.45) is 1.59. The molecule has 0 bridgehead atoms. The Morgan fingerprint density at radius 1 is 1.12 bits per heavy atom. The summed E-state index contributed by atoms with van der Waals surface area (Å²) in [5, 5.41) is 0. The number of aromatic nitrogens is 2. The van der Waals surface area contributed by atoms with Crippen LogP contribution in [0.5, 0.6) is 11.6 Å². The molecule has 1 aliphatic heterocycles. The van der Waals surface area contributed by atoms with Crippen LogP contribution in [0.3, 0.4) is 0 Å². The number of methoxy groups -OCH3 is 1. The molecule has 0 radical (unpaired) electrons. The Morgan fingerprint density at radius 3 is 2.38 bits per heavy atom. The van der Waals surface area contributed by atoms with Gasteiger partial charge in [0.15, 0.2) is 0 Å². The number of hydrogen-bond acceptors (Lipinski definition) is 5. The minimum atomic E-state index is -0.491. The van der Waals surface area contributed by atoms with Crippen molar-refractivity contribution in [1.29, 1.82) is 0 Å². The molecule has 0 amide bonds. The molecule has 1 aromatic heterocycles. The molecule has 24 heavy (non-hydrogen) atoms. The summed E-state index contributed by atoms with van der Waals surface area (Å²) in [5.74, 6) is 1.54. The van der Waals surface area contributed by atoms with Gasteiger partial charge in [-0.1, -0.05) is 0 Å². The zero-order valence-corrected chi connectivity index (χ0v) is 13.7. The summed E-state index contributed by atoms with van der Waals surface area (Å²) in [6.45, 7) is 0. The maximum atomic E-state index is 12.6. The molecule has 1 aliphatic carbocycles. The predicted octanol–water partition coefficient (Wildman–Crippen LogP) is 1.25. The summed E-state index contributed by atoms with van der Waals surface area (Å²) in [6, 6.07) is 7.28. The van der Waals surface area contributed by atoms with E-state index in [2.05, 4.69) is 4.99 Å². The van der Waals surface area contributed by atoms with Crippen molar-refractivity contribution in [2.75, 3.05) is 7.11 Å². The van der Waals surface area contributed by atoms with Crippen molar-refractivity contribution in [2.24, 2.45) is 19.1 Å². The third kappa shape index (κ3) is 1.87. The zero-order valence-electron chi connectivity index (χ0n) is 13.7. The first-order chi connectivity index (χ1) is 11.5. The van der Waals surface area contributed by atoms with Gasteiger partial charge in [-0.15, -0.1) is 0 Å². The molecule has 0 unspecified atom stereocenters. The standard InChI is InChI=1S/C17H17N3O4/c1-19-13(21)12-14(20(2)16(19)22)24-15(17(12)8-9-17)18-10-4-6-11(23-3)7-5-10/h4-7H,8-9H2,1-3H3. The second-order valence-corrected chi connectivity index (χ2v) is 6.19. The smallest absolute Gasteiger partial charge is 0.333 e. The van der Waals surface area contributed by atoms with Crippen LogP contribution in [0.25, 0.3) is 0 Å². The van der Waals surface area contributed by atoms with Gasteiger partial charge in [-0.3, -0.25) is 13.9 Å². The van der Waals surface area contributed by atoms with E-state index in [9.17, 15) is 9.59 Å². The Hall–Kier alpha value is -2.83.